The number of nitrogens with zero attached hydrogens (tertiary/aromatic N) is 1. The smallest absolute Gasteiger partial charge is 0.265 e. The molecule has 1 atom stereocenters. The summed E-state index contributed by atoms with van der Waals surface area (Å²) >= 11 is 7.80. The van der Waals surface area contributed by atoms with E-state index in [4.69, 9.17) is 11.6 Å². The van der Waals surface area contributed by atoms with Crippen molar-refractivity contribution in [2.24, 2.45) is 5.92 Å². The van der Waals surface area contributed by atoms with Crippen molar-refractivity contribution >= 4 is 44.8 Å². The molecule has 0 radical (unpaired) electrons. The molecule has 2 heterocycles. The van der Waals surface area contributed by atoms with Crippen molar-refractivity contribution in [2.75, 3.05) is 20.1 Å². The summed E-state index contributed by atoms with van der Waals surface area (Å²) in [4.78, 5) is 26.9. The molecule has 1 saturated heterocycles. The number of amides is 2. The molecule has 4 nitrogen and oxygen atoms in total. The van der Waals surface area contributed by atoms with Gasteiger partial charge in [-0.3, -0.25) is 9.59 Å². The quantitative estimate of drug-likeness (QED) is 0.915. The van der Waals surface area contributed by atoms with Crippen molar-refractivity contribution in [3.8, 4) is 0 Å². The zero-order valence-electron chi connectivity index (χ0n) is 12.3. The Hall–Kier alpha value is -1.59. The van der Waals surface area contributed by atoms with Gasteiger partial charge < -0.3 is 10.2 Å². The standard InChI is InChI=1S/C16H17ClN2O2S/c1-18-15(20)10-5-4-8-19(9-10)16(21)14-13(17)11-6-2-3-7-12(11)22-14/h2-3,6-7,10H,4-5,8-9H2,1H3,(H,18,20). The fourth-order valence-corrected chi connectivity index (χ4v) is 4.35. The third-order valence-electron chi connectivity index (χ3n) is 4.05. The van der Waals surface area contributed by atoms with Crippen molar-refractivity contribution in [3.05, 3.63) is 34.2 Å². The Morgan fingerprint density at radius 2 is 2.14 bits per heavy atom. The van der Waals surface area contributed by atoms with Gasteiger partial charge in [-0.05, 0) is 18.9 Å². The fourth-order valence-electron chi connectivity index (χ4n) is 2.87. The van der Waals surface area contributed by atoms with E-state index in [0.717, 1.165) is 22.9 Å². The first-order valence-electron chi connectivity index (χ1n) is 7.29. The predicted molar refractivity (Wildman–Crippen MR) is 89.5 cm³/mol. The number of thiophene rings is 1. The Balaban J connectivity index is 1.86. The van der Waals surface area contributed by atoms with Crippen molar-refractivity contribution in [2.45, 2.75) is 12.8 Å². The van der Waals surface area contributed by atoms with Crippen molar-refractivity contribution in [3.63, 3.8) is 0 Å². The first kappa shape index (κ1) is 15.3. The molecule has 1 fully saturated rings. The first-order chi connectivity index (χ1) is 10.6. The molecule has 1 aromatic carbocycles. The van der Waals surface area contributed by atoms with E-state index in [9.17, 15) is 9.59 Å². The lowest BCUT2D eigenvalue weighted by Gasteiger charge is -2.31. The van der Waals surface area contributed by atoms with Crippen LogP contribution in [0.25, 0.3) is 10.1 Å². The molecule has 0 aliphatic carbocycles. The summed E-state index contributed by atoms with van der Waals surface area (Å²) in [6.07, 6.45) is 1.66. The van der Waals surface area contributed by atoms with E-state index in [1.54, 1.807) is 11.9 Å². The number of hydrogen-bond donors (Lipinski definition) is 1. The van der Waals surface area contributed by atoms with Crippen LogP contribution in [-0.4, -0.2) is 36.9 Å². The van der Waals surface area contributed by atoms with Crippen LogP contribution in [0.15, 0.2) is 24.3 Å². The summed E-state index contributed by atoms with van der Waals surface area (Å²) in [5, 5.41) is 4.10. The van der Waals surface area contributed by atoms with E-state index in [0.29, 0.717) is 23.0 Å². The topological polar surface area (TPSA) is 49.4 Å². The molecule has 2 amide bonds. The van der Waals surface area contributed by atoms with Gasteiger partial charge in [-0.2, -0.15) is 0 Å². The Morgan fingerprint density at radius 1 is 1.36 bits per heavy atom. The predicted octanol–water partition coefficient (Wildman–Crippen LogP) is 3.15. The molecule has 116 valence electrons. The minimum absolute atomic E-state index is 0.0000577. The van der Waals surface area contributed by atoms with Crippen molar-refractivity contribution < 1.29 is 9.59 Å². The Bertz CT molecular complexity index is 728. The van der Waals surface area contributed by atoms with Crippen LogP contribution in [-0.2, 0) is 4.79 Å². The monoisotopic (exact) mass is 336 g/mol. The van der Waals surface area contributed by atoms with E-state index in [1.807, 2.05) is 24.3 Å². The third-order valence-corrected chi connectivity index (χ3v) is 5.72. The number of fused-ring (bicyclic) bond motifs is 1. The average molecular weight is 337 g/mol. The Kier molecular flexibility index (Phi) is 4.36. The highest BCUT2D eigenvalue weighted by Crippen LogP contribution is 2.36. The van der Waals surface area contributed by atoms with Gasteiger partial charge in [-0.15, -0.1) is 11.3 Å². The molecule has 0 saturated carbocycles. The summed E-state index contributed by atoms with van der Waals surface area (Å²) in [5.41, 5.74) is 0. The molecule has 0 bridgehead atoms. The normalized spacial score (nSPS) is 18.5. The number of hydrogen-bond acceptors (Lipinski definition) is 3. The van der Waals surface area contributed by atoms with Gasteiger partial charge >= 0.3 is 0 Å². The van der Waals surface area contributed by atoms with Crippen molar-refractivity contribution in [1.82, 2.24) is 10.2 Å². The molecular formula is C16H17ClN2O2S. The number of piperidine rings is 1. The molecule has 2 aromatic rings. The van der Waals surface area contributed by atoms with Gasteiger partial charge in [-0.25, -0.2) is 0 Å². The van der Waals surface area contributed by atoms with Crippen LogP contribution in [0.5, 0.6) is 0 Å². The van der Waals surface area contributed by atoms with E-state index in [-0.39, 0.29) is 17.7 Å². The number of likely N-dealkylation sites (tertiary alicyclic amines) is 1. The lowest BCUT2D eigenvalue weighted by atomic mass is 9.97. The zero-order valence-corrected chi connectivity index (χ0v) is 13.8. The number of rotatable bonds is 2. The van der Waals surface area contributed by atoms with E-state index in [2.05, 4.69) is 5.32 Å². The molecule has 1 aliphatic heterocycles. The van der Waals surface area contributed by atoms with Crippen molar-refractivity contribution in [1.29, 1.82) is 0 Å². The van der Waals surface area contributed by atoms with Gasteiger partial charge in [0.1, 0.15) is 4.88 Å². The van der Waals surface area contributed by atoms with Gasteiger partial charge in [0.05, 0.1) is 10.9 Å². The van der Waals surface area contributed by atoms with E-state index in [1.165, 1.54) is 11.3 Å². The average Bonchev–Trinajstić information content (AvgIpc) is 2.91. The summed E-state index contributed by atoms with van der Waals surface area (Å²) in [5.74, 6) is -0.199. The molecule has 1 aromatic heterocycles. The Labute approximate surface area is 138 Å². The summed E-state index contributed by atoms with van der Waals surface area (Å²) in [7, 11) is 1.63. The lowest BCUT2D eigenvalue weighted by Crippen LogP contribution is -2.44. The molecule has 1 aliphatic rings. The van der Waals surface area contributed by atoms with Crippen LogP contribution in [0.1, 0.15) is 22.5 Å². The molecular weight excluding hydrogens is 320 g/mol. The summed E-state index contributed by atoms with van der Waals surface area (Å²) in [6, 6.07) is 7.74. The van der Waals surface area contributed by atoms with Gasteiger partial charge in [0.2, 0.25) is 5.91 Å². The van der Waals surface area contributed by atoms with Crippen LogP contribution < -0.4 is 5.32 Å². The van der Waals surface area contributed by atoms with Crippen LogP contribution >= 0.6 is 22.9 Å². The minimum atomic E-state index is -0.129. The maximum absolute atomic E-state index is 12.8. The summed E-state index contributed by atoms with van der Waals surface area (Å²) in [6.45, 7) is 1.14. The molecule has 0 spiro atoms. The van der Waals surface area contributed by atoms with Gasteiger partial charge in [-0.1, -0.05) is 29.8 Å². The number of benzene rings is 1. The fraction of sp³-hybridized carbons (Fsp3) is 0.375. The second-order valence-corrected chi connectivity index (χ2v) is 6.88. The molecule has 3 rings (SSSR count). The maximum atomic E-state index is 12.8. The molecule has 22 heavy (non-hydrogen) atoms. The lowest BCUT2D eigenvalue weighted by molar-refractivity contribution is -0.125. The molecule has 6 heteroatoms. The number of carbonyl (C=O) groups excluding carboxylic acids is 2. The van der Waals surface area contributed by atoms with Crippen LogP contribution in [0, 0.1) is 5.92 Å². The SMILES string of the molecule is CNC(=O)C1CCCN(C(=O)c2sc3ccccc3c2Cl)C1. The van der Waals surface area contributed by atoms with E-state index >= 15 is 0 Å². The van der Waals surface area contributed by atoms with Gasteiger partial charge in [0.25, 0.3) is 5.91 Å². The summed E-state index contributed by atoms with van der Waals surface area (Å²) < 4.78 is 1.01. The zero-order chi connectivity index (χ0) is 15.7. The molecule has 1 unspecified atom stereocenters. The van der Waals surface area contributed by atoms with E-state index < -0.39 is 0 Å². The number of halogens is 1. The highest BCUT2D eigenvalue weighted by Gasteiger charge is 2.30. The largest absolute Gasteiger partial charge is 0.359 e. The number of nitrogens with one attached hydrogen (secondary N) is 1. The maximum Gasteiger partial charge on any atom is 0.265 e. The third kappa shape index (κ3) is 2.71. The highest BCUT2D eigenvalue weighted by molar-refractivity contribution is 7.21. The highest BCUT2D eigenvalue weighted by atomic mass is 35.5. The molecule has 1 N–H and O–H groups in total. The van der Waals surface area contributed by atoms with Crippen LogP contribution in [0.2, 0.25) is 5.02 Å². The van der Waals surface area contributed by atoms with Crippen LogP contribution in [0.3, 0.4) is 0 Å². The van der Waals surface area contributed by atoms with Gasteiger partial charge in [0, 0.05) is 30.2 Å². The second kappa shape index (κ2) is 6.26. The van der Waals surface area contributed by atoms with Crippen LogP contribution in [0.4, 0.5) is 0 Å². The second-order valence-electron chi connectivity index (χ2n) is 5.45. The number of carbonyl (C=O) groups is 2. The Morgan fingerprint density at radius 3 is 2.86 bits per heavy atom. The minimum Gasteiger partial charge on any atom is -0.359 e. The first-order valence-corrected chi connectivity index (χ1v) is 8.49. The van der Waals surface area contributed by atoms with Gasteiger partial charge in [0.15, 0.2) is 0 Å².